The van der Waals surface area contributed by atoms with Crippen molar-refractivity contribution < 1.29 is 14.3 Å². The third-order valence-corrected chi connectivity index (χ3v) is 3.88. The van der Waals surface area contributed by atoms with Gasteiger partial charge >= 0.3 is 5.97 Å². The van der Waals surface area contributed by atoms with E-state index in [1.165, 1.54) is 12.0 Å². The first-order valence-corrected chi connectivity index (χ1v) is 6.59. The molecule has 94 valence electrons. The highest BCUT2D eigenvalue weighted by molar-refractivity contribution is 7.10. The molecule has 1 atom stereocenters. The van der Waals surface area contributed by atoms with Gasteiger partial charge in [0.2, 0.25) is 0 Å². The van der Waals surface area contributed by atoms with Crippen molar-refractivity contribution in [2.24, 2.45) is 0 Å². The lowest BCUT2D eigenvalue weighted by Gasteiger charge is -2.30. The second kappa shape index (κ2) is 5.82. The van der Waals surface area contributed by atoms with Gasteiger partial charge in [-0.2, -0.15) is 0 Å². The van der Waals surface area contributed by atoms with E-state index < -0.39 is 6.10 Å². The average Bonchev–Trinajstić information content (AvgIpc) is 2.74. The summed E-state index contributed by atoms with van der Waals surface area (Å²) in [5.41, 5.74) is 0. The topological polar surface area (TPSA) is 38.8 Å². The second-order valence-corrected chi connectivity index (χ2v) is 5.28. The van der Waals surface area contributed by atoms with Gasteiger partial charge in [-0.15, -0.1) is 11.3 Å². The molecule has 2 rings (SSSR count). The van der Waals surface area contributed by atoms with E-state index in [1.807, 2.05) is 11.4 Å². The van der Waals surface area contributed by atoms with E-state index in [9.17, 15) is 4.79 Å². The summed E-state index contributed by atoms with van der Waals surface area (Å²) in [4.78, 5) is 14.7. The Morgan fingerprint density at radius 3 is 3.24 bits per heavy atom. The largest absolute Gasteiger partial charge is 0.467 e. The molecule has 0 amide bonds. The molecule has 4 nitrogen and oxygen atoms in total. The highest BCUT2D eigenvalue weighted by atomic mass is 35.5. The van der Waals surface area contributed by atoms with Crippen molar-refractivity contribution in [3.63, 3.8) is 0 Å². The molecule has 17 heavy (non-hydrogen) atoms. The van der Waals surface area contributed by atoms with Gasteiger partial charge in [0.05, 0.1) is 18.7 Å². The van der Waals surface area contributed by atoms with E-state index in [4.69, 9.17) is 16.3 Å². The van der Waals surface area contributed by atoms with Gasteiger partial charge in [0.25, 0.3) is 0 Å². The van der Waals surface area contributed by atoms with Crippen LogP contribution >= 0.6 is 22.9 Å². The molecule has 0 bridgehead atoms. The first-order valence-electron chi connectivity index (χ1n) is 5.33. The van der Waals surface area contributed by atoms with Crippen molar-refractivity contribution in [1.29, 1.82) is 0 Å². The van der Waals surface area contributed by atoms with Crippen LogP contribution in [-0.2, 0) is 20.8 Å². The Hall–Kier alpha value is -0.620. The molecule has 2 heterocycles. The molecule has 0 radical (unpaired) electrons. The maximum atomic E-state index is 11.4. The summed E-state index contributed by atoms with van der Waals surface area (Å²) in [6.45, 7) is 2.75. The molecule has 0 N–H and O–H groups in total. The SMILES string of the molecule is COC(=O)[C@H]1CN(Cc2cc(Cl)cs2)CCO1. The maximum absolute atomic E-state index is 11.4. The van der Waals surface area contributed by atoms with Gasteiger partial charge < -0.3 is 9.47 Å². The van der Waals surface area contributed by atoms with Crippen LogP contribution in [0, 0.1) is 0 Å². The van der Waals surface area contributed by atoms with Crippen molar-refractivity contribution >= 4 is 28.9 Å². The van der Waals surface area contributed by atoms with Gasteiger partial charge in [-0.1, -0.05) is 11.6 Å². The number of carbonyl (C=O) groups excluding carboxylic acids is 1. The van der Waals surface area contributed by atoms with Crippen molar-refractivity contribution in [3.8, 4) is 0 Å². The summed E-state index contributed by atoms with van der Waals surface area (Å²) in [6, 6.07) is 1.95. The number of methoxy groups -OCH3 is 1. The molecule has 0 aliphatic carbocycles. The molecule has 0 aromatic carbocycles. The summed E-state index contributed by atoms with van der Waals surface area (Å²) in [6.07, 6.45) is -0.468. The molecule has 1 aromatic rings. The predicted molar refractivity (Wildman–Crippen MR) is 66.4 cm³/mol. The molecule has 1 fully saturated rings. The molecule has 0 saturated carbocycles. The van der Waals surface area contributed by atoms with E-state index >= 15 is 0 Å². The summed E-state index contributed by atoms with van der Waals surface area (Å²) >= 11 is 7.50. The minimum absolute atomic E-state index is 0.307. The van der Waals surface area contributed by atoms with Crippen LogP contribution in [0.2, 0.25) is 5.02 Å². The maximum Gasteiger partial charge on any atom is 0.336 e. The number of rotatable bonds is 3. The van der Waals surface area contributed by atoms with Crippen LogP contribution < -0.4 is 0 Å². The summed E-state index contributed by atoms with van der Waals surface area (Å²) in [7, 11) is 1.38. The van der Waals surface area contributed by atoms with Gasteiger partial charge in [0, 0.05) is 29.9 Å². The van der Waals surface area contributed by atoms with Gasteiger partial charge in [-0.3, -0.25) is 4.90 Å². The number of esters is 1. The van der Waals surface area contributed by atoms with Crippen LogP contribution in [0.25, 0.3) is 0 Å². The van der Waals surface area contributed by atoms with E-state index in [1.54, 1.807) is 11.3 Å². The third kappa shape index (κ3) is 3.42. The van der Waals surface area contributed by atoms with Crippen LogP contribution in [0.3, 0.4) is 0 Å². The predicted octanol–water partition coefficient (Wildman–Crippen LogP) is 1.78. The number of ether oxygens (including phenoxy) is 2. The lowest BCUT2D eigenvalue weighted by Crippen LogP contribution is -2.45. The molecule has 1 saturated heterocycles. The fraction of sp³-hybridized carbons (Fsp3) is 0.545. The van der Waals surface area contributed by atoms with Crippen molar-refractivity contribution in [2.75, 3.05) is 26.8 Å². The standard InChI is InChI=1S/C11H14ClNO3S/c1-15-11(14)10-6-13(2-3-16-10)5-9-4-8(12)7-17-9/h4,7,10H,2-3,5-6H2,1H3/t10-/m1/s1. The minimum atomic E-state index is -0.468. The lowest BCUT2D eigenvalue weighted by molar-refractivity contribution is -0.159. The molecule has 0 spiro atoms. The molecular formula is C11H14ClNO3S. The number of hydrogen-bond donors (Lipinski definition) is 0. The third-order valence-electron chi connectivity index (χ3n) is 2.62. The molecule has 6 heteroatoms. The summed E-state index contributed by atoms with van der Waals surface area (Å²) in [5, 5.41) is 2.68. The van der Waals surface area contributed by atoms with E-state index in [0.29, 0.717) is 13.2 Å². The van der Waals surface area contributed by atoms with Gasteiger partial charge in [0.1, 0.15) is 0 Å². The monoisotopic (exact) mass is 275 g/mol. The van der Waals surface area contributed by atoms with Gasteiger partial charge in [-0.05, 0) is 6.07 Å². The lowest BCUT2D eigenvalue weighted by atomic mass is 10.2. The zero-order chi connectivity index (χ0) is 12.3. The van der Waals surface area contributed by atoms with E-state index in [-0.39, 0.29) is 5.97 Å². The Balaban J connectivity index is 1.91. The number of morpholine rings is 1. The Bertz CT molecular complexity index is 396. The summed E-state index contributed by atoms with van der Waals surface area (Å²) < 4.78 is 10.0. The Morgan fingerprint density at radius 1 is 1.76 bits per heavy atom. The Labute approximate surface area is 109 Å². The van der Waals surface area contributed by atoms with Crippen LogP contribution in [0.4, 0.5) is 0 Å². The Kier molecular flexibility index (Phi) is 4.39. The quantitative estimate of drug-likeness (QED) is 0.788. The molecule has 0 unspecified atom stereocenters. The first kappa shape index (κ1) is 12.8. The van der Waals surface area contributed by atoms with Crippen LogP contribution in [0.5, 0.6) is 0 Å². The summed E-state index contributed by atoms with van der Waals surface area (Å²) in [5.74, 6) is -0.307. The highest BCUT2D eigenvalue weighted by Crippen LogP contribution is 2.21. The second-order valence-electron chi connectivity index (χ2n) is 3.85. The fourth-order valence-electron chi connectivity index (χ4n) is 1.78. The first-order chi connectivity index (χ1) is 8.19. The molecule has 1 aliphatic heterocycles. The van der Waals surface area contributed by atoms with Crippen molar-refractivity contribution in [3.05, 3.63) is 21.3 Å². The average molecular weight is 276 g/mol. The van der Waals surface area contributed by atoms with Crippen molar-refractivity contribution in [2.45, 2.75) is 12.6 Å². The number of carbonyl (C=O) groups is 1. The van der Waals surface area contributed by atoms with Crippen molar-refractivity contribution in [1.82, 2.24) is 4.90 Å². The number of thiophene rings is 1. The normalized spacial score (nSPS) is 21.4. The number of hydrogen-bond acceptors (Lipinski definition) is 5. The fourth-order valence-corrected chi connectivity index (χ4v) is 2.89. The smallest absolute Gasteiger partial charge is 0.336 e. The van der Waals surface area contributed by atoms with E-state index in [2.05, 4.69) is 9.64 Å². The van der Waals surface area contributed by atoms with Gasteiger partial charge in [0.15, 0.2) is 6.10 Å². The molecular weight excluding hydrogens is 262 g/mol. The van der Waals surface area contributed by atoms with Crippen LogP contribution in [0.15, 0.2) is 11.4 Å². The van der Waals surface area contributed by atoms with Gasteiger partial charge in [-0.25, -0.2) is 4.79 Å². The molecule has 1 aromatic heterocycles. The zero-order valence-corrected chi connectivity index (χ0v) is 11.1. The van der Waals surface area contributed by atoms with E-state index in [0.717, 1.165) is 18.1 Å². The van der Waals surface area contributed by atoms with Crippen LogP contribution in [0.1, 0.15) is 4.88 Å². The number of halogens is 1. The zero-order valence-electron chi connectivity index (χ0n) is 9.52. The number of nitrogens with zero attached hydrogens (tertiary/aromatic N) is 1. The Morgan fingerprint density at radius 2 is 2.59 bits per heavy atom. The van der Waals surface area contributed by atoms with Crippen LogP contribution in [-0.4, -0.2) is 43.8 Å². The minimum Gasteiger partial charge on any atom is -0.467 e. The molecule has 1 aliphatic rings. The highest BCUT2D eigenvalue weighted by Gasteiger charge is 2.27.